The summed E-state index contributed by atoms with van der Waals surface area (Å²) in [5.41, 5.74) is 0.416. The monoisotopic (exact) mass is 501 g/mol. The van der Waals surface area contributed by atoms with Crippen LogP contribution in [0.1, 0.15) is 28.4 Å². The van der Waals surface area contributed by atoms with Gasteiger partial charge in [0.15, 0.2) is 0 Å². The minimum absolute atomic E-state index is 0.0425. The lowest BCUT2D eigenvalue weighted by molar-refractivity contribution is 0.0920. The van der Waals surface area contributed by atoms with Crippen molar-refractivity contribution in [3.8, 4) is 6.07 Å². The van der Waals surface area contributed by atoms with Crippen molar-refractivity contribution in [1.82, 2.24) is 5.32 Å². The first-order valence-corrected chi connectivity index (χ1v) is 12.0. The molecule has 0 fully saturated rings. The molecular weight excluding hydrogens is 481 g/mol. The number of nitrogens with zero attached hydrogens (tertiary/aromatic N) is 2. The van der Waals surface area contributed by atoms with Crippen LogP contribution in [-0.2, 0) is 16.6 Å². The first-order chi connectivity index (χ1) is 16.1. The zero-order valence-corrected chi connectivity index (χ0v) is 19.6. The van der Waals surface area contributed by atoms with Gasteiger partial charge < -0.3 is 10.4 Å². The molecule has 3 aromatic carbocycles. The fourth-order valence-corrected chi connectivity index (χ4v) is 4.72. The maximum absolute atomic E-state index is 14.5. The van der Waals surface area contributed by atoms with Crippen LogP contribution in [0.15, 0.2) is 71.6 Å². The van der Waals surface area contributed by atoms with Gasteiger partial charge in [0.1, 0.15) is 5.82 Å². The van der Waals surface area contributed by atoms with Crippen LogP contribution in [0, 0.1) is 17.1 Å². The Bertz CT molecular complexity index is 1340. The lowest BCUT2D eigenvalue weighted by Gasteiger charge is -2.25. The second-order valence-corrected chi connectivity index (χ2v) is 9.80. The highest BCUT2D eigenvalue weighted by Gasteiger charge is 2.27. The third kappa shape index (κ3) is 5.91. The molecule has 7 nitrogen and oxygen atoms in total. The van der Waals surface area contributed by atoms with E-state index in [0.29, 0.717) is 10.6 Å². The zero-order chi connectivity index (χ0) is 24.9. The second kappa shape index (κ2) is 10.7. The average molecular weight is 502 g/mol. The van der Waals surface area contributed by atoms with Gasteiger partial charge in [0.2, 0.25) is 0 Å². The summed E-state index contributed by atoms with van der Waals surface area (Å²) in [5, 5.41) is 21.4. The molecule has 0 saturated heterocycles. The summed E-state index contributed by atoms with van der Waals surface area (Å²) >= 11 is 5.94. The Morgan fingerprint density at radius 1 is 1.18 bits per heavy atom. The van der Waals surface area contributed by atoms with Gasteiger partial charge in [-0.3, -0.25) is 9.10 Å². The van der Waals surface area contributed by atoms with E-state index in [4.69, 9.17) is 11.6 Å². The van der Waals surface area contributed by atoms with Gasteiger partial charge in [-0.1, -0.05) is 29.8 Å². The molecule has 0 aliphatic heterocycles. The van der Waals surface area contributed by atoms with E-state index in [2.05, 4.69) is 5.32 Å². The molecule has 0 aliphatic rings. The van der Waals surface area contributed by atoms with Crippen molar-refractivity contribution in [2.24, 2.45) is 0 Å². The molecule has 0 bridgehead atoms. The molecule has 3 rings (SSSR count). The second-order valence-electron chi connectivity index (χ2n) is 7.50. The molecule has 0 aromatic heterocycles. The van der Waals surface area contributed by atoms with Crippen LogP contribution < -0.4 is 9.62 Å². The lowest BCUT2D eigenvalue weighted by Crippen LogP contribution is -2.33. The Kier molecular flexibility index (Phi) is 7.89. The highest BCUT2D eigenvalue weighted by Crippen LogP contribution is 2.28. The number of hydrogen-bond acceptors (Lipinski definition) is 5. The Morgan fingerprint density at radius 3 is 2.53 bits per heavy atom. The maximum atomic E-state index is 14.5. The SMILES string of the molecule is CC(O)CNC(=O)c1cc(N(Cc2ccc(Cl)cc2)S(=O)(=O)c2cccc(C#N)c2)ccc1F. The fourth-order valence-electron chi connectivity index (χ4n) is 3.10. The van der Waals surface area contributed by atoms with Gasteiger partial charge in [-0.05, 0) is 61.0 Å². The van der Waals surface area contributed by atoms with Crippen LogP contribution in [0.25, 0.3) is 0 Å². The van der Waals surface area contributed by atoms with Crippen LogP contribution in [0.5, 0.6) is 0 Å². The molecule has 1 unspecified atom stereocenters. The van der Waals surface area contributed by atoms with Crippen molar-refractivity contribution < 1.29 is 22.7 Å². The molecule has 1 atom stereocenters. The number of hydrogen-bond donors (Lipinski definition) is 2. The average Bonchev–Trinajstić information content (AvgIpc) is 2.82. The van der Waals surface area contributed by atoms with E-state index >= 15 is 0 Å². The molecule has 0 saturated carbocycles. The summed E-state index contributed by atoms with van der Waals surface area (Å²) < 4.78 is 42.7. The number of nitrogens with one attached hydrogen (secondary N) is 1. The quantitative estimate of drug-likeness (QED) is 0.487. The molecule has 1 amide bonds. The number of sulfonamides is 1. The van der Waals surface area contributed by atoms with Gasteiger partial charge >= 0.3 is 0 Å². The van der Waals surface area contributed by atoms with Crippen LogP contribution in [0.4, 0.5) is 10.1 Å². The zero-order valence-electron chi connectivity index (χ0n) is 18.1. The molecule has 0 spiro atoms. The third-order valence-electron chi connectivity index (χ3n) is 4.83. The topological polar surface area (TPSA) is 110 Å². The molecule has 0 heterocycles. The molecule has 176 valence electrons. The van der Waals surface area contributed by atoms with Gasteiger partial charge in [0.25, 0.3) is 15.9 Å². The molecule has 34 heavy (non-hydrogen) atoms. The Morgan fingerprint density at radius 2 is 1.88 bits per heavy atom. The number of halogens is 2. The predicted molar refractivity (Wildman–Crippen MR) is 126 cm³/mol. The summed E-state index contributed by atoms with van der Waals surface area (Å²) in [7, 11) is -4.22. The van der Waals surface area contributed by atoms with E-state index in [1.54, 1.807) is 24.3 Å². The van der Waals surface area contributed by atoms with Crippen LogP contribution in [0.3, 0.4) is 0 Å². The van der Waals surface area contributed by atoms with Gasteiger partial charge in [-0.2, -0.15) is 5.26 Å². The number of anilines is 1. The first-order valence-electron chi connectivity index (χ1n) is 10.1. The van der Waals surface area contributed by atoms with Crippen molar-refractivity contribution in [1.29, 1.82) is 5.26 Å². The maximum Gasteiger partial charge on any atom is 0.264 e. The number of benzene rings is 3. The van der Waals surface area contributed by atoms with E-state index in [1.165, 1.54) is 37.3 Å². The fraction of sp³-hybridized carbons (Fsp3) is 0.167. The highest BCUT2D eigenvalue weighted by atomic mass is 35.5. The number of aliphatic hydroxyl groups excluding tert-OH is 1. The smallest absolute Gasteiger partial charge is 0.264 e. The van der Waals surface area contributed by atoms with Crippen molar-refractivity contribution >= 4 is 33.2 Å². The van der Waals surface area contributed by atoms with E-state index in [1.807, 2.05) is 6.07 Å². The number of amides is 1. The van der Waals surface area contributed by atoms with E-state index < -0.39 is 27.9 Å². The Hall–Kier alpha value is -3.45. The van der Waals surface area contributed by atoms with Crippen molar-refractivity contribution in [3.63, 3.8) is 0 Å². The Balaban J connectivity index is 2.10. The van der Waals surface area contributed by atoms with Crippen LogP contribution in [-0.4, -0.2) is 32.1 Å². The van der Waals surface area contributed by atoms with Crippen molar-refractivity contribution in [3.05, 3.63) is 94.3 Å². The summed E-state index contributed by atoms with van der Waals surface area (Å²) in [6.45, 7) is 1.22. The van der Waals surface area contributed by atoms with Crippen LogP contribution in [0.2, 0.25) is 5.02 Å². The van der Waals surface area contributed by atoms with E-state index in [9.17, 15) is 28.0 Å². The third-order valence-corrected chi connectivity index (χ3v) is 6.85. The first kappa shape index (κ1) is 25.2. The van der Waals surface area contributed by atoms with Crippen LogP contribution >= 0.6 is 11.6 Å². The molecular formula is C24H21ClFN3O4S. The van der Waals surface area contributed by atoms with Crippen molar-refractivity contribution in [2.75, 3.05) is 10.8 Å². The summed E-state index contributed by atoms with van der Waals surface area (Å²) in [6, 6.07) is 17.3. The summed E-state index contributed by atoms with van der Waals surface area (Å²) in [5.74, 6) is -1.64. The largest absolute Gasteiger partial charge is 0.392 e. The molecule has 2 N–H and O–H groups in total. The van der Waals surface area contributed by atoms with E-state index in [-0.39, 0.29) is 34.8 Å². The van der Waals surface area contributed by atoms with E-state index in [0.717, 1.165) is 16.4 Å². The number of nitriles is 1. The lowest BCUT2D eigenvalue weighted by atomic mass is 10.1. The normalized spacial score (nSPS) is 12.0. The number of rotatable bonds is 8. The van der Waals surface area contributed by atoms with Gasteiger partial charge in [0.05, 0.1) is 40.4 Å². The molecule has 10 heteroatoms. The standard InChI is InChI=1S/C24H21ClFN3O4S/c1-16(30)14-28-24(31)22-12-20(9-10-23(22)26)29(15-17-5-7-19(25)8-6-17)34(32,33)21-4-2-3-18(11-21)13-27/h2-12,16,30H,14-15H2,1H3,(H,28,31). The molecule has 3 aromatic rings. The summed E-state index contributed by atoms with van der Waals surface area (Å²) in [6.07, 6.45) is -0.843. The number of carbonyl (C=O) groups is 1. The van der Waals surface area contributed by atoms with Gasteiger partial charge in [-0.25, -0.2) is 12.8 Å². The number of aliphatic hydroxyl groups is 1. The molecule has 0 aliphatic carbocycles. The molecule has 0 radical (unpaired) electrons. The van der Waals surface area contributed by atoms with Gasteiger partial charge in [-0.15, -0.1) is 0 Å². The minimum Gasteiger partial charge on any atom is -0.392 e. The van der Waals surface area contributed by atoms with Crippen molar-refractivity contribution in [2.45, 2.75) is 24.5 Å². The Labute approximate surface area is 202 Å². The summed E-state index contributed by atoms with van der Waals surface area (Å²) in [4.78, 5) is 12.3. The number of carbonyl (C=O) groups excluding carboxylic acids is 1. The predicted octanol–water partition coefficient (Wildman–Crippen LogP) is 3.86. The highest BCUT2D eigenvalue weighted by molar-refractivity contribution is 7.92. The van der Waals surface area contributed by atoms with Gasteiger partial charge in [0, 0.05) is 11.6 Å². The minimum atomic E-state index is -4.22.